The average molecular weight is 465 g/mol. The monoisotopic (exact) mass is 464 g/mol. The van der Waals surface area contributed by atoms with Crippen LogP contribution in [0.4, 0.5) is 0 Å². The summed E-state index contributed by atoms with van der Waals surface area (Å²) in [6.07, 6.45) is -0.284. The fourth-order valence-electron chi connectivity index (χ4n) is 2.89. The molecule has 7 N–H and O–H groups in total. The number of amidine groups is 1. The molecule has 0 aliphatic heterocycles. The van der Waals surface area contributed by atoms with Gasteiger partial charge in [0.25, 0.3) is 0 Å². The molecule has 2 amide bonds. The number of carboxylic acid groups (broad SMARTS) is 2. The van der Waals surface area contributed by atoms with E-state index in [9.17, 15) is 24.3 Å². The molecule has 1 rings (SSSR count). The van der Waals surface area contributed by atoms with Crippen LogP contribution in [0.25, 0.3) is 0 Å². The molecule has 0 spiro atoms. The van der Waals surface area contributed by atoms with Crippen LogP contribution in [0.5, 0.6) is 5.75 Å². The highest BCUT2D eigenvalue weighted by atomic mass is 16.5. The molecule has 182 valence electrons. The first-order chi connectivity index (χ1) is 15.3. The van der Waals surface area contributed by atoms with Gasteiger partial charge in [0.1, 0.15) is 23.7 Å². The largest absolute Gasteiger partial charge is 0.494 e. The minimum atomic E-state index is -1.41. The van der Waals surface area contributed by atoms with Crippen LogP contribution in [-0.2, 0) is 19.2 Å². The number of carboxylic acids is 2. The number of rotatable bonds is 13. The predicted octanol–water partition coefficient (Wildman–Crippen LogP) is 1.09. The van der Waals surface area contributed by atoms with Crippen molar-refractivity contribution in [2.75, 3.05) is 6.61 Å². The number of ether oxygens (including phenoxy) is 1. The second-order valence-electron chi connectivity index (χ2n) is 8.77. The zero-order chi connectivity index (χ0) is 25.2. The summed E-state index contributed by atoms with van der Waals surface area (Å²) >= 11 is 0. The highest BCUT2D eigenvalue weighted by Crippen LogP contribution is 2.21. The van der Waals surface area contributed by atoms with Crippen LogP contribution in [0.1, 0.15) is 52.0 Å². The molecule has 0 aliphatic carbocycles. The Morgan fingerprint density at radius 3 is 2.15 bits per heavy atom. The van der Waals surface area contributed by atoms with Crippen molar-refractivity contribution >= 4 is 29.6 Å². The second kappa shape index (κ2) is 12.4. The van der Waals surface area contributed by atoms with Crippen LogP contribution < -0.4 is 21.1 Å². The smallest absolute Gasteiger partial charge is 0.326 e. The Balaban J connectivity index is 2.60. The van der Waals surface area contributed by atoms with Gasteiger partial charge in [0.05, 0.1) is 13.0 Å². The van der Waals surface area contributed by atoms with E-state index in [-0.39, 0.29) is 25.3 Å². The Morgan fingerprint density at radius 1 is 1.06 bits per heavy atom. The van der Waals surface area contributed by atoms with Crippen LogP contribution in [0.3, 0.4) is 0 Å². The molecular formula is C22H32N4O7. The number of hydrogen-bond acceptors (Lipinski definition) is 6. The fraction of sp³-hybridized carbons (Fsp3) is 0.500. The minimum Gasteiger partial charge on any atom is -0.494 e. The first kappa shape index (κ1) is 27.4. The van der Waals surface area contributed by atoms with Gasteiger partial charge in [0.2, 0.25) is 11.8 Å². The number of carbonyl (C=O) groups excluding carboxylic acids is 2. The summed E-state index contributed by atoms with van der Waals surface area (Å²) in [6, 6.07) is 3.92. The lowest BCUT2D eigenvalue weighted by Crippen LogP contribution is -2.53. The Morgan fingerprint density at radius 2 is 1.67 bits per heavy atom. The standard InChI is InChI=1S/C22H32N4O7/c1-22(2,3)12-16(21(31)32)26-20(30)15(11-18(28)29)25-17(27)5-4-10-33-14-8-6-13(7-9-14)19(23)24/h6-9,15-16H,4-5,10-12H2,1-3H3,(H3,23,24)(H,25,27)(H,26,30)(H,28,29)(H,31,32). The zero-order valence-corrected chi connectivity index (χ0v) is 19.0. The van der Waals surface area contributed by atoms with E-state index in [2.05, 4.69) is 10.6 Å². The molecule has 0 radical (unpaired) electrons. The van der Waals surface area contributed by atoms with Crippen molar-refractivity contribution in [3.63, 3.8) is 0 Å². The minimum absolute atomic E-state index is 0.0285. The van der Waals surface area contributed by atoms with Crippen LogP contribution in [-0.4, -0.2) is 58.5 Å². The van der Waals surface area contributed by atoms with Gasteiger partial charge in [-0.15, -0.1) is 0 Å². The van der Waals surface area contributed by atoms with Crippen molar-refractivity contribution in [2.45, 2.75) is 58.5 Å². The molecule has 0 bridgehead atoms. The van der Waals surface area contributed by atoms with E-state index in [1.54, 1.807) is 24.3 Å². The summed E-state index contributed by atoms with van der Waals surface area (Å²) < 4.78 is 5.50. The van der Waals surface area contributed by atoms with Crippen molar-refractivity contribution < 1.29 is 34.1 Å². The lowest BCUT2D eigenvalue weighted by atomic mass is 9.88. The van der Waals surface area contributed by atoms with Crippen LogP contribution in [0, 0.1) is 10.8 Å². The Bertz CT molecular complexity index is 862. The summed E-state index contributed by atoms with van der Waals surface area (Å²) in [5.74, 6) is -3.52. The van der Waals surface area contributed by atoms with Gasteiger partial charge in [0.15, 0.2) is 0 Å². The third-order valence-electron chi connectivity index (χ3n) is 4.44. The molecule has 0 saturated carbocycles. The van der Waals surface area contributed by atoms with Crippen LogP contribution >= 0.6 is 0 Å². The van der Waals surface area contributed by atoms with E-state index in [1.807, 2.05) is 20.8 Å². The van der Waals surface area contributed by atoms with Gasteiger partial charge in [0, 0.05) is 12.0 Å². The number of nitrogens with two attached hydrogens (primary N) is 1. The summed E-state index contributed by atoms with van der Waals surface area (Å²) in [4.78, 5) is 47.3. The molecule has 1 aromatic rings. The molecule has 1 aromatic carbocycles. The van der Waals surface area contributed by atoms with Crippen molar-refractivity contribution in [3.05, 3.63) is 29.8 Å². The van der Waals surface area contributed by atoms with Gasteiger partial charge in [-0.05, 0) is 42.5 Å². The van der Waals surface area contributed by atoms with E-state index in [0.29, 0.717) is 17.7 Å². The molecule has 0 aromatic heterocycles. The summed E-state index contributed by atoms with van der Waals surface area (Å²) in [7, 11) is 0. The maximum absolute atomic E-state index is 12.5. The van der Waals surface area contributed by atoms with E-state index in [0.717, 1.165) is 0 Å². The predicted molar refractivity (Wildman–Crippen MR) is 120 cm³/mol. The van der Waals surface area contributed by atoms with Gasteiger partial charge in [-0.1, -0.05) is 20.8 Å². The molecule has 33 heavy (non-hydrogen) atoms. The van der Waals surface area contributed by atoms with E-state index in [4.69, 9.17) is 21.0 Å². The molecule has 0 saturated heterocycles. The normalized spacial score (nSPS) is 12.8. The molecule has 2 unspecified atom stereocenters. The van der Waals surface area contributed by atoms with E-state index < -0.39 is 47.7 Å². The lowest BCUT2D eigenvalue weighted by Gasteiger charge is -2.25. The second-order valence-corrected chi connectivity index (χ2v) is 8.77. The molecule has 11 nitrogen and oxygen atoms in total. The SMILES string of the molecule is CC(C)(C)CC(NC(=O)C(CC(=O)O)NC(=O)CCCOc1ccc(C(=N)N)cc1)C(=O)O. The first-order valence-corrected chi connectivity index (χ1v) is 10.4. The lowest BCUT2D eigenvalue weighted by molar-refractivity contribution is -0.144. The highest BCUT2D eigenvalue weighted by molar-refractivity contribution is 5.95. The Hall–Kier alpha value is -3.63. The number of nitrogens with one attached hydrogen (secondary N) is 3. The third kappa shape index (κ3) is 11.0. The fourth-order valence-corrected chi connectivity index (χ4v) is 2.89. The summed E-state index contributed by atoms with van der Waals surface area (Å²) in [6.45, 7) is 5.62. The molecule has 0 heterocycles. The molecule has 2 atom stereocenters. The van der Waals surface area contributed by atoms with Gasteiger partial charge < -0.3 is 31.3 Å². The Kier molecular flexibility index (Phi) is 10.3. The number of nitrogen functional groups attached to an aromatic ring is 1. The zero-order valence-electron chi connectivity index (χ0n) is 19.0. The molecule has 11 heteroatoms. The average Bonchev–Trinajstić information content (AvgIpc) is 2.69. The van der Waals surface area contributed by atoms with Crippen molar-refractivity contribution in [3.8, 4) is 5.75 Å². The van der Waals surface area contributed by atoms with Crippen molar-refractivity contribution in [2.24, 2.45) is 11.1 Å². The highest BCUT2D eigenvalue weighted by Gasteiger charge is 2.30. The number of carbonyl (C=O) groups is 4. The van der Waals surface area contributed by atoms with Gasteiger partial charge in [-0.2, -0.15) is 0 Å². The number of benzene rings is 1. The van der Waals surface area contributed by atoms with Crippen molar-refractivity contribution in [1.29, 1.82) is 5.41 Å². The molecule has 0 aliphatic rings. The first-order valence-electron chi connectivity index (χ1n) is 10.4. The maximum Gasteiger partial charge on any atom is 0.326 e. The van der Waals surface area contributed by atoms with Crippen LogP contribution in [0.15, 0.2) is 24.3 Å². The summed E-state index contributed by atoms with van der Waals surface area (Å²) in [5.41, 5.74) is 5.54. The third-order valence-corrected chi connectivity index (χ3v) is 4.44. The molecule has 0 fully saturated rings. The number of hydrogen-bond donors (Lipinski definition) is 6. The van der Waals surface area contributed by atoms with Crippen LogP contribution in [0.2, 0.25) is 0 Å². The molecular weight excluding hydrogens is 432 g/mol. The maximum atomic E-state index is 12.5. The topological polar surface area (TPSA) is 192 Å². The number of aliphatic carboxylic acids is 2. The van der Waals surface area contributed by atoms with E-state index in [1.165, 1.54) is 0 Å². The van der Waals surface area contributed by atoms with Gasteiger partial charge in [-0.25, -0.2) is 4.79 Å². The van der Waals surface area contributed by atoms with Gasteiger partial charge in [-0.3, -0.25) is 19.8 Å². The summed E-state index contributed by atoms with van der Waals surface area (Å²) in [5, 5.41) is 30.5. The number of amides is 2. The van der Waals surface area contributed by atoms with Gasteiger partial charge >= 0.3 is 11.9 Å². The van der Waals surface area contributed by atoms with E-state index >= 15 is 0 Å². The van der Waals surface area contributed by atoms with Crippen molar-refractivity contribution in [1.82, 2.24) is 10.6 Å². The quantitative estimate of drug-likeness (QED) is 0.142. The Labute approximate surface area is 192 Å².